The molecule has 114 valence electrons. The molecule has 1 aromatic rings. The van der Waals surface area contributed by atoms with Gasteiger partial charge in [-0.25, -0.2) is 4.68 Å². The number of quaternary nitrogens is 2. The van der Waals surface area contributed by atoms with Gasteiger partial charge in [0.15, 0.2) is 0 Å². The molecule has 1 aromatic heterocycles. The van der Waals surface area contributed by atoms with E-state index in [-0.39, 0.29) is 0 Å². The Morgan fingerprint density at radius 2 is 1.90 bits per heavy atom. The summed E-state index contributed by atoms with van der Waals surface area (Å²) >= 11 is 0. The zero-order chi connectivity index (χ0) is 14.5. The van der Waals surface area contributed by atoms with Gasteiger partial charge in [-0.2, -0.15) is 0 Å². The van der Waals surface area contributed by atoms with Gasteiger partial charge in [0.2, 0.25) is 5.82 Å². The number of likely N-dealkylation sites (N-methyl/N-ethyl adjacent to an activating group) is 1. The minimum atomic E-state index is 0.449. The average molecular weight is 282 g/mol. The third-order valence-corrected chi connectivity index (χ3v) is 4.44. The van der Waals surface area contributed by atoms with Gasteiger partial charge in [0.1, 0.15) is 32.2 Å². The van der Waals surface area contributed by atoms with Crippen LogP contribution < -0.4 is 9.80 Å². The van der Waals surface area contributed by atoms with Gasteiger partial charge in [-0.05, 0) is 22.8 Å². The molecule has 2 N–H and O–H groups in total. The number of hydrogen-bond donors (Lipinski definition) is 2. The first-order valence-electron chi connectivity index (χ1n) is 8.03. The van der Waals surface area contributed by atoms with Crippen LogP contribution in [0.1, 0.15) is 45.5 Å². The first-order chi connectivity index (χ1) is 9.61. The highest BCUT2D eigenvalue weighted by molar-refractivity contribution is 4.87. The van der Waals surface area contributed by atoms with Crippen LogP contribution in [0.4, 0.5) is 0 Å². The average Bonchev–Trinajstić information content (AvgIpc) is 2.88. The molecular formula is C14H30N6+2. The Balaban J connectivity index is 2.05. The molecule has 1 aliphatic heterocycles. The maximum absolute atomic E-state index is 4.33. The van der Waals surface area contributed by atoms with Crippen molar-refractivity contribution in [1.29, 1.82) is 0 Å². The molecule has 0 saturated carbocycles. The van der Waals surface area contributed by atoms with Crippen LogP contribution in [0.3, 0.4) is 0 Å². The van der Waals surface area contributed by atoms with Crippen molar-refractivity contribution >= 4 is 0 Å². The standard InChI is InChI=1S/C14H28N6/c1-5-13(19-10-8-18(4)9-11-19)14-15-16-17-20(14)7-6-12(2)3/h12-13H,5-11H2,1-4H3/p+2/t13-/m1/s1. The molecule has 0 aliphatic carbocycles. The monoisotopic (exact) mass is 282 g/mol. The fraction of sp³-hybridized carbons (Fsp3) is 0.929. The molecule has 0 spiro atoms. The van der Waals surface area contributed by atoms with E-state index in [1.54, 1.807) is 9.80 Å². The summed E-state index contributed by atoms with van der Waals surface area (Å²) in [6.07, 6.45) is 2.24. The molecule has 1 saturated heterocycles. The van der Waals surface area contributed by atoms with Crippen molar-refractivity contribution in [2.45, 2.75) is 46.2 Å². The van der Waals surface area contributed by atoms with E-state index in [0.717, 1.165) is 25.2 Å². The zero-order valence-electron chi connectivity index (χ0n) is 13.4. The number of nitrogens with zero attached hydrogens (tertiary/aromatic N) is 4. The van der Waals surface area contributed by atoms with Crippen LogP contribution in [0.5, 0.6) is 0 Å². The number of tetrazole rings is 1. The fourth-order valence-corrected chi connectivity index (χ4v) is 3.00. The molecule has 6 nitrogen and oxygen atoms in total. The van der Waals surface area contributed by atoms with Crippen molar-refractivity contribution in [3.05, 3.63) is 5.82 Å². The second kappa shape index (κ2) is 7.13. The molecule has 20 heavy (non-hydrogen) atoms. The number of aromatic nitrogens is 4. The number of hydrogen-bond acceptors (Lipinski definition) is 3. The maximum Gasteiger partial charge on any atom is 0.209 e. The predicted octanol–water partition coefficient (Wildman–Crippen LogP) is -1.42. The topological polar surface area (TPSA) is 52.5 Å². The summed E-state index contributed by atoms with van der Waals surface area (Å²) in [4.78, 5) is 3.29. The van der Waals surface area contributed by atoms with Crippen molar-refractivity contribution in [3.63, 3.8) is 0 Å². The number of aryl methyl sites for hydroxylation is 1. The quantitative estimate of drug-likeness (QED) is 0.674. The lowest BCUT2D eigenvalue weighted by atomic mass is 10.1. The molecule has 2 heterocycles. The lowest BCUT2D eigenvalue weighted by Crippen LogP contribution is -3.27. The largest absolute Gasteiger partial charge is 0.328 e. The summed E-state index contributed by atoms with van der Waals surface area (Å²) in [5.74, 6) is 1.77. The Bertz CT molecular complexity index is 394. The van der Waals surface area contributed by atoms with Crippen molar-refractivity contribution in [3.8, 4) is 0 Å². The molecule has 2 rings (SSSR count). The van der Waals surface area contributed by atoms with E-state index < -0.39 is 0 Å². The molecule has 0 amide bonds. The first kappa shape index (κ1) is 15.4. The number of rotatable bonds is 6. The first-order valence-corrected chi connectivity index (χ1v) is 8.03. The zero-order valence-corrected chi connectivity index (χ0v) is 13.4. The van der Waals surface area contributed by atoms with Crippen LogP contribution in [0.15, 0.2) is 0 Å². The number of piperazine rings is 1. The summed E-state index contributed by atoms with van der Waals surface area (Å²) in [7, 11) is 2.28. The summed E-state index contributed by atoms with van der Waals surface area (Å²) < 4.78 is 2.03. The van der Waals surface area contributed by atoms with E-state index in [9.17, 15) is 0 Å². The molecule has 0 radical (unpaired) electrons. The van der Waals surface area contributed by atoms with Crippen molar-refractivity contribution < 1.29 is 9.80 Å². The molecule has 0 bridgehead atoms. The van der Waals surface area contributed by atoms with E-state index in [1.165, 1.54) is 26.2 Å². The summed E-state index contributed by atoms with van der Waals surface area (Å²) in [6.45, 7) is 12.6. The van der Waals surface area contributed by atoms with Gasteiger partial charge in [-0.1, -0.05) is 20.8 Å². The third-order valence-electron chi connectivity index (χ3n) is 4.44. The van der Waals surface area contributed by atoms with Crippen LogP contribution in [-0.2, 0) is 6.54 Å². The molecule has 0 aromatic carbocycles. The minimum Gasteiger partial charge on any atom is -0.328 e. The fourth-order valence-electron chi connectivity index (χ4n) is 3.00. The molecule has 1 aliphatic rings. The second-order valence-electron chi connectivity index (χ2n) is 6.52. The lowest BCUT2D eigenvalue weighted by Gasteiger charge is -2.32. The SMILES string of the molecule is CC[C@H](c1nnnn1CCC(C)C)[NH+]1CC[NH+](C)CC1. The Morgan fingerprint density at radius 3 is 2.50 bits per heavy atom. The third kappa shape index (κ3) is 3.76. The van der Waals surface area contributed by atoms with Crippen LogP contribution in [0.2, 0.25) is 0 Å². The summed E-state index contributed by atoms with van der Waals surface area (Å²) in [5.41, 5.74) is 0. The molecule has 0 unspecified atom stereocenters. The van der Waals surface area contributed by atoms with E-state index in [0.29, 0.717) is 12.0 Å². The lowest BCUT2D eigenvalue weighted by molar-refractivity contribution is -1.02. The van der Waals surface area contributed by atoms with Gasteiger partial charge in [0, 0.05) is 13.0 Å². The van der Waals surface area contributed by atoms with Crippen molar-refractivity contribution in [1.82, 2.24) is 20.2 Å². The van der Waals surface area contributed by atoms with Gasteiger partial charge in [-0.15, -0.1) is 5.10 Å². The molecule has 1 fully saturated rings. The summed E-state index contributed by atoms with van der Waals surface area (Å²) in [5, 5.41) is 12.5. The van der Waals surface area contributed by atoms with E-state index >= 15 is 0 Å². The highest BCUT2D eigenvalue weighted by Gasteiger charge is 2.31. The van der Waals surface area contributed by atoms with Gasteiger partial charge in [-0.3, -0.25) is 0 Å². The predicted molar refractivity (Wildman–Crippen MR) is 77.6 cm³/mol. The molecule has 1 atom stereocenters. The second-order valence-corrected chi connectivity index (χ2v) is 6.52. The van der Waals surface area contributed by atoms with Crippen molar-refractivity contribution in [2.75, 3.05) is 33.2 Å². The van der Waals surface area contributed by atoms with Gasteiger partial charge in [0.25, 0.3) is 0 Å². The van der Waals surface area contributed by atoms with Crippen molar-refractivity contribution in [2.24, 2.45) is 5.92 Å². The maximum atomic E-state index is 4.33. The van der Waals surface area contributed by atoms with Crippen LogP contribution in [-0.4, -0.2) is 53.4 Å². The number of nitrogens with one attached hydrogen (secondary N) is 2. The van der Waals surface area contributed by atoms with E-state index in [1.807, 2.05) is 4.68 Å². The Hall–Kier alpha value is -1.01. The highest BCUT2D eigenvalue weighted by Crippen LogP contribution is 2.11. The van der Waals surface area contributed by atoms with Crippen LogP contribution in [0.25, 0.3) is 0 Å². The minimum absolute atomic E-state index is 0.449. The van der Waals surface area contributed by atoms with E-state index in [4.69, 9.17) is 0 Å². The Morgan fingerprint density at radius 1 is 1.20 bits per heavy atom. The molecular weight excluding hydrogens is 252 g/mol. The van der Waals surface area contributed by atoms with E-state index in [2.05, 4.69) is 43.3 Å². The normalized spacial score (nSPS) is 25.1. The van der Waals surface area contributed by atoms with Crippen LogP contribution >= 0.6 is 0 Å². The highest BCUT2D eigenvalue weighted by atomic mass is 15.5. The summed E-state index contributed by atoms with van der Waals surface area (Å²) in [6, 6.07) is 0.449. The van der Waals surface area contributed by atoms with Gasteiger partial charge < -0.3 is 9.80 Å². The Labute approximate surface area is 122 Å². The van der Waals surface area contributed by atoms with Gasteiger partial charge >= 0.3 is 0 Å². The van der Waals surface area contributed by atoms with Crippen LogP contribution in [0, 0.1) is 5.92 Å². The molecule has 6 heteroatoms. The van der Waals surface area contributed by atoms with Gasteiger partial charge in [0.05, 0.1) is 7.05 Å². The smallest absolute Gasteiger partial charge is 0.209 e. The Kier molecular flexibility index (Phi) is 5.48.